The highest BCUT2D eigenvalue weighted by Crippen LogP contribution is 2.30. The Kier molecular flexibility index (Phi) is 8.32. The van der Waals surface area contributed by atoms with Crippen LogP contribution >= 0.6 is 0 Å². The van der Waals surface area contributed by atoms with Crippen LogP contribution in [0.25, 0.3) is 23.2 Å². The lowest BCUT2D eigenvalue weighted by molar-refractivity contribution is -0.675. The minimum absolute atomic E-state index is 0.265. The first kappa shape index (κ1) is 26.9. The van der Waals surface area contributed by atoms with Gasteiger partial charge in [-0.05, 0) is 74.3 Å². The number of fused-ring (bicyclic) bond motifs is 2. The van der Waals surface area contributed by atoms with E-state index in [2.05, 4.69) is 19.4 Å². The van der Waals surface area contributed by atoms with Crippen LogP contribution in [0, 0.1) is 0 Å². The van der Waals surface area contributed by atoms with Gasteiger partial charge in [-0.15, -0.1) is 0 Å². The Bertz CT molecular complexity index is 1550. The third-order valence-electron chi connectivity index (χ3n) is 6.15. The van der Waals surface area contributed by atoms with Gasteiger partial charge in [-0.25, -0.2) is 9.55 Å². The van der Waals surface area contributed by atoms with Gasteiger partial charge in [0.15, 0.2) is 0 Å². The lowest BCUT2D eigenvalue weighted by Crippen LogP contribution is -2.38. The smallest absolute Gasteiger partial charge is 0.286 e. The lowest BCUT2D eigenvalue weighted by Gasteiger charge is -2.28. The zero-order valence-electron chi connectivity index (χ0n) is 20.2. The Labute approximate surface area is 216 Å². The summed E-state index contributed by atoms with van der Waals surface area (Å²) in [4.78, 5) is 8.57. The maximum absolute atomic E-state index is 11.1. The van der Waals surface area contributed by atoms with E-state index in [4.69, 9.17) is 9.11 Å². The Hall–Kier alpha value is -3.19. The number of aryl methyl sites for hydroxylation is 1. The average Bonchev–Trinajstić information content (AvgIpc) is 3.49. The van der Waals surface area contributed by atoms with Gasteiger partial charge >= 0.3 is 0 Å². The van der Waals surface area contributed by atoms with Crippen molar-refractivity contribution >= 4 is 49.2 Å². The fraction of sp³-hybridized carbons (Fsp3) is 0.320. The molecule has 3 aromatic heterocycles. The monoisotopic (exact) mass is 547 g/mol. The molecule has 10 nitrogen and oxygen atoms in total. The lowest BCUT2D eigenvalue weighted by atomic mass is 10.1. The predicted molar refractivity (Wildman–Crippen MR) is 144 cm³/mol. The van der Waals surface area contributed by atoms with Gasteiger partial charge in [0.05, 0.1) is 29.6 Å². The van der Waals surface area contributed by atoms with Crippen LogP contribution in [-0.4, -0.2) is 54.0 Å². The molecule has 4 heterocycles. The topological polar surface area (TPSA) is 147 Å². The van der Waals surface area contributed by atoms with Gasteiger partial charge in [0, 0.05) is 24.0 Å². The largest absolute Gasteiger partial charge is 0.348 e. The molecular weight excluding hydrogens is 516 g/mol. The van der Waals surface area contributed by atoms with E-state index in [1.165, 1.54) is 0 Å². The quantitative estimate of drug-likeness (QED) is 0.154. The van der Waals surface area contributed by atoms with E-state index in [1.54, 1.807) is 0 Å². The van der Waals surface area contributed by atoms with Gasteiger partial charge < -0.3 is 9.88 Å². The molecule has 4 N–H and O–H groups in total. The number of pyridine rings is 1. The summed E-state index contributed by atoms with van der Waals surface area (Å²) in [5.41, 5.74) is 3.82. The molecule has 0 saturated carbocycles. The maximum atomic E-state index is 11.1. The third-order valence-corrected chi connectivity index (χ3v) is 7.75. The standard InChI is InChI=1S/C25H30N4O6S2/c30-36(31,32)18-3-1-16-28-22(10-8-20-12-14-26-24(20)28)6-5-7-23-11-9-21-13-15-27-25(21)29(23)17-2-4-19-37(33,34)35/h5-15H,1-4,16-19H2,(H3,26,27,30,31,32,33,34,35)/p+1. The summed E-state index contributed by atoms with van der Waals surface area (Å²) in [6, 6.07) is 7.96. The highest BCUT2D eigenvalue weighted by Gasteiger charge is 2.18. The number of rotatable bonds is 12. The van der Waals surface area contributed by atoms with E-state index in [0.717, 1.165) is 33.8 Å². The number of nitrogens with one attached hydrogen (secondary N) is 2. The first-order valence-electron chi connectivity index (χ1n) is 12.0. The van der Waals surface area contributed by atoms with Gasteiger partial charge in [0.2, 0.25) is 0 Å². The summed E-state index contributed by atoms with van der Waals surface area (Å²) in [5.74, 6) is 0.396. The molecule has 1 aliphatic heterocycles. The number of allylic oxidation sites excluding steroid dienone is 3. The van der Waals surface area contributed by atoms with Crippen LogP contribution in [0.4, 0.5) is 5.82 Å². The van der Waals surface area contributed by atoms with Gasteiger partial charge in [-0.3, -0.25) is 9.11 Å². The molecule has 0 radical (unpaired) electrons. The van der Waals surface area contributed by atoms with Crippen LogP contribution in [0.3, 0.4) is 0 Å². The number of H-pyrrole nitrogens is 2. The molecule has 0 amide bonds. The van der Waals surface area contributed by atoms with Crippen molar-refractivity contribution in [1.82, 2.24) is 9.97 Å². The van der Waals surface area contributed by atoms with E-state index < -0.39 is 20.2 Å². The molecule has 0 saturated heterocycles. The van der Waals surface area contributed by atoms with Gasteiger partial charge in [-0.1, -0.05) is 6.08 Å². The summed E-state index contributed by atoms with van der Waals surface area (Å²) < 4.78 is 64.4. The minimum Gasteiger partial charge on any atom is -0.348 e. The van der Waals surface area contributed by atoms with E-state index in [-0.39, 0.29) is 11.5 Å². The van der Waals surface area contributed by atoms with Crippen molar-refractivity contribution in [2.45, 2.75) is 32.2 Å². The highest BCUT2D eigenvalue weighted by atomic mass is 32.2. The molecule has 0 aliphatic carbocycles. The summed E-state index contributed by atoms with van der Waals surface area (Å²) in [7, 11) is -7.96. The number of anilines is 1. The predicted octanol–water partition coefficient (Wildman–Crippen LogP) is 3.55. The molecule has 0 spiro atoms. The molecule has 37 heavy (non-hydrogen) atoms. The van der Waals surface area contributed by atoms with Crippen molar-refractivity contribution < 1.29 is 30.5 Å². The van der Waals surface area contributed by atoms with Crippen LogP contribution in [-0.2, 0) is 26.8 Å². The Morgan fingerprint density at radius 1 is 0.865 bits per heavy atom. The molecule has 0 atom stereocenters. The Morgan fingerprint density at radius 2 is 1.59 bits per heavy atom. The van der Waals surface area contributed by atoms with E-state index in [9.17, 15) is 16.8 Å². The van der Waals surface area contributed by atoms with Crippen molar-refractivity contribution in [3.8, 4) is 0 Å². The van der Waals surface area contributed by atoms with Crippen molar-refractivity contribution in [3.63, 3.8) is 0 Å². The van der Waals surface area contributed by atoms with Crippen molar-refractivity contribution in [2.75, 3.05) is 23.0 Å². The van der Waals surface area contributed by atoms with E-state index >= 15 is 0 Å². The van der Waals surface area contributed by atoms with Crippen LogP contribution in [0.5, 0.6) is 0 Å². The second-order valence-corrected chi connectivity index (χ2v) is 12.0. The molecule has 1 aliphatic rings. The number of nitrogens with zero attached hydrogens (tertiary/aromatic N) is 2. The number of hydrogen-bond donors (Lipinski definition) is 4. The van der Waals surface area contributed by atoms with Crippen molar-refractivity contribution in [1.29, 1.82) is 0 Å². The summed E-state index contributed by atoms with van der Waals surface area (Å²) >= 11 is 0. The molecule has 198 valence electrons. The first-order valence-corrected chi connectivity index (χ1v) is 15.2. The number of hydrogen-bond acceptors (Lipinski definition) is 5. The molecule has 3 aromatic rings. The fourth-order valence-electron chi connectivity index (χ4n) is 4.40. The number of unbranched alkanes of at least 4 members (excludes halogenated alkanes) is 2. The molecule has 0 fully saturated rings. The molecule has 0 unspecified atom stereocenters. The Balaban J connectivity index is 1.52. The second kappa shape index (κ2) is 11.5. The molecule has 4 rings (SSSR count). The van der Waals surface area contributed by atoms with Crippen molar-refractivity contribution in [3.05, 3.63) is 71.8 Å². The second-order valence-electron chi connectivity index (χ2n) is 8.89. The molecule has 0 aromatic carbocycles. The van der Waals surface area contributed by atoms with E-state index in [0.29, 0.717) is 38.8 Å². The van der Waals surface area contributed by atoms with Crippen LogP contribution in [0.15, 0.2) is 60.6 Å². The first-order chi connectivity index (χ1) is 17.6. The van der Waals surface area contributed by atoms with Crippen LogP contribution in [0.2, 0.25) is 0 Å². The van der Waals surface area contributed by atoms with Gasteiger partial charge in [0.1, 0.15) is 11.5 Å². The summed E-state index contributed by atoms with van der Waals surface area (Å²) in [6.07, 6.45) is 15.5. The van der Waals surface area contributed by atoms with Crippen LogP contribution < -0.4 is 9.47 Å². The average molecular weight is 548 g/mol. The highest BCUT2D eigenvalue weighted by molar-refractivity contribution is 7.86. The molecule has 12 heteroatoms. The zero-order valence-corrected chi connectivity index (χ0v) is 21.9. The summed E-state index contributed by atoms with van der Waals surface area (Å²) in [5, 5.41) is 1.04. The van der Waals surface area contributed by atoms with Gasteiger partial charge in [-0.2, -0.15) is 16.8 Å². The van der Waals surface area contributed by atoms with Crippen LogP contribution in [0.1, 0.15) is 36.9 Å². The Morgan fingerprint density at radius 3 is 2.35 bits per heavy atom. The summed E-state index contributed by atoms with van der Waals surface area (Å²) in [6.45, 7) is 1.16. The number of aromatic nitrogens is 3. The third kappa shape index (κ3) is 7.41. The molecular formula is C25H31N4O6S2+. The van der Waals surface area contributed by atoms with E-state index in [1.807, 2.05) is 67.0 Å². The normalized spacial score (nSPS) is 15.3. The SMILES string of the molecule is O=S(=O)(O)CCCCN1/C(=C/C=Cc2ccc3cc[nH]c3[n+]2CCCCS(=O)(=O)O)C=Cc2cc[nH]c21. The zero-order chi connectivity index (χ0) is 26.5. The van der Waals surface area contributed by atoms with Gasteiger partial charge in [0.25, 0.3) is 25.9 Å². The molecule has 0 bridgehead atoms. The number of aromatic amines is 2. The fourth-order valence-corrected chi connectivity index (χ4v) is 5.54. The maximum Gasteiger partial charge on any atom is 0.286 e. The minimum atomic E-state index is -3.98. The van der Waals surface area contributed by atoms with Crippen molar-refractivity contribution in [2.24, 2.45) is 0 Å².